The maximum absolute atomic E-state index is 13.0. The second-order valence-corrected chi connectivity index (χ2v) is 6.89. The number of rotatable bonds is 8. The lowest BCUT2D eigenvalue weighted by Gasteiger charge is -2.28. The molecule has 1 atom stereocenters. The highest BCUT2D eigenvalue weighted by Gasteiger charge is 2.27. The number of nitrogens with zero attached hydrogens (tertiary/aromatic N) is 2. The average molecular weight is 387 g/mol. The van der Waals surface area contributed by atoms with Gasteiger partial charge in [0.05, 0.1) is 32.9 Å². The van der Waals surface area contributed by atoms with Gasteiger partial charge in [-0.25, -0.2) is 0 Å². The fraction of sp³-hybridized carbons (Fsp3) is 0.476. The molecule has 2 heterocycles. The van der Waals surface area contributed by atoms with Crippen LogP contribution in [-0.2, 0) is 7.05 Å². The van der Waals surface area contributed by atoms with Crippen molar-refractivity contribution in [2.75, 3.05) is 41.0 Å². The van der Waals surface area contributed by atoms with E-state index in [2.05, 4.69) is 20.9 Å². The summed E-state index contributed by atoms with van der Waals surface area (Å²) in [6.07, 6.45) is 4.42. The molecule has 3 rings (SSSR count). The number of amides is 1. The molecule has 0 radical (unpaired) electrons. The number of carbonyl (C=O) groups is 1. The van der Waals surface area contributed by atoms with Crippen LogP contribution in [0.15, 0.2) is 30.5 Å². The Balaban J connectivity index is 1.81. The summed E-state index contributed by atoms with van der Waals surface area (Å²) in [6, 6.07) is 7.70. The summed E-state index contributed by atoms with van der Waals surface area (Å²) < 4.78 is 18.2. The highest BCUT2D eigenvalue weighted by atomic mass is 16.5. The van der Waals surface area contributed by atoms with Crippen molar-refractivity contribution in [1.29, 1.82) is 0 Å². The zero-order chi connectivity index (χ0) is 20.1. The van der Waals surface area contributed by atoms with Crippen molar-refractivity contribution in [2.24, 2.45) is 7.05 Å². The van der Waals surface area contributed by atoms with Crippen molar-refractivity contribution in [3.63, 3.8) is 0 Å². The van der Waals surface area contributed by atoms with Gasteiger partial charge < -0.3 is 24.1 Å². The molecule has 0 aliphatic carbocycles. The van der Waals surface area contributed by atoms with E-state index in [-0.39, 0.29) is 11.9 Å². The maximum Gasteiger partial charge on any atom is 0.255 e. The van der Waals surface area contributed by atoms with E-state index in [4.69, 9.17) is 14.2 Å². The van der Waals surface area contributed by atoms with Crippen LogP contribution >= 0.6 is 0 Å². The van der Waals surface area contributed by atoms with Gasteiger partial charge in [0, 0.05) is 25.5 Å². The first-order chi connectivity index (χ1) is 13.6. The summed E-state index contributed by atoms with van der Waals surface area (Å²) in [7, 11) is 6.64. The molecule has 1 N–H and O–H groups in total. The van der Waals surface area contributed by atoms with Crippen molar-refractivity contribution < 1.29 is 19.0 Å². The van der Waals surface area contributed by atoms with E-state index in [0.29, 0.717) is 29.4 Å². The Kier molecular flexibility index (Phi) is 6.46. The van der Waals surface area contributed by atoms with Gasteiger partial charge in [0.15, 0.2) is 11.5 Å². The van der Waals surface area contributed by atoms with Gasteiger partial charge in [-0.1, -0.05) is 0 Å². The lowest BCUT2D eigenvalue weighted by molar-refractivity contribution is 0.0933. The van der Waals surface area contributed by atoms with Crippen LogP contribution in [0.25, 0.3) is 0 Å². The zero-order valence-electron chi connectivity index (χ0n) is 17.0. The Morgan fingerprint density at radius 1 is 1.07 bits per heavy atom. The van der Waals surface area contributed by atoms with Gasteiger partial charge in [0.25, 0.3) is 5.91 Å². The molecule has 1 aliphatic rings. The van der Waals surface area contributed by atoms with E-state index < -0.39 is 0 Å². The first-order valence-corrected chi connectivity index (χ1v) is 9.53. The van der Waals surface area contributed by atoms with E-state index in [0.717, 1.165) is 13.1 Å². The highest BCUT2D eigenvalue weighted by molar-refractivity contribution is 5.98. The van der Waals surface area contributed by atoms with E-state index in [1.54, 1.807) is 19.2 Å². The van der Waals surface area contributed by atoms with Crippen LogP contribution in [0.5, 0.6) is 17.2 Å². The van der Waals surface area contributed by atoms with Crippen LogP contribution < -0.4 is 19.5 Å². The second kappa shape index (κ2) is 9.01. The number of nitrogens with one attached hydrogen (secondary N) is 1. The molecule has 1 saturated heterocycles. The number of benzene rings is 1. The van der Waals surface area contributed by atoms with Gasteiger partial charge in [0.2, 0.25) is 5.75 Å². The molecule has 0 bridgehead atoms. The molecule has 1 aromatic heterocycles. The summed E-state index contributed by atoms with van der Waals surface area (Å²) in [5.74, 6) is 1.11. The van der Waals surface area contributed by atoms with E-state index >= 15 is 0 Å². The van der Waals surface area contributed by atoms with Gasteiger partial charge in [-0.2, -0.15) is 0 Å². The number of hydrogen-bond donors (Lipinski definition) is 1. The quantitative estimate of drug-likeness (QED) is 0.754. The SMILES string of the molecule is COc1ccc(C(=O)NC[C@H](c2cccn2C)N2CCCC2)c(OC)c1OC. The van der Waals surface area contributed by atoms with Crippen molar-refractivity contribution in [1.82, 2.24) is 14.8 Å². The van der Waals surface area contributed by atoms with Crippen LogP contribution in [0.4, 0.5) is 0 Å². The molecule has 1 fully saturated rings. The van der Waals surface area contributed by atoms with Gasteiger partial charge in [0.1, 0.15) is 0 Å². The third-order valence-electron chi connectivity index (χ3n) is 5.31. The molecule has 2 aromatic rings. The van der Waals surface area contributed by atoms with Crippen molar-refractivity contribution in [3.05, 3.63) is 41.7 Å². The molecule has 152 valence electrons. The minimum absolute atomic E-state index is 0.137. The lowest BCUT2D eigenvalue weighted by Crippen LogP contribution is -2.37. The Labute approximate surface area is 166 Å². The normalized spacial score (nSPS) is 15.3. The van der Waals surface area contributed by atoms with Crippen LogP contribution in [0, 0.1) is 0 Å². The molecule has 0 unspecified atom stereocenters. The van der Waals surface area contributed by atoms with E-state index in [1.807, 2.05) is 19.3 Å². The predicted molar refractivity (Wildman–Crippen MR) is 107 cm³/mol. The molecule has 1 aromatic carbocycles. The average Bonchev–Trinajstić information content (AvgIpc) is 3.39. The summed E-state index contributed by atoms with van der Waals surface area (Å²) in [5.41, 5.74) is 1.62. The Hall–Kier alpha value is -2.67. The third kappa shape index (κ3) is 3.94. The summed E-state index contributed by atoms with van der Waals surface area (Å²) >= 11 is 0. The van der Waals surface area contributed by atoms with Gasteiger partial charge in [-0.05, 0) is 50.2 Å². The number of methoxy groups -OCH3 is 3. The predicted octanol–water partition coefficient (Wildman–Crippen LogP) is 2.62. The van der Waals surface area contributed by atoms with Crippen LogP contribution in [0.1, 0.15) is 34.9 Å². The molecule has 7 nitrogen and oxygen atoms in total. The number of likely N-dealkylation sites (tertiary alicyclic amines) is 1. The van der Waals surface area contributed by atoms with Gasteiger partial charge in [-0.15, -0.1) is 0 Å². The number of hydrogen-bond acceptors (Lipinski definition) is 5. The Morgan fingerprint density at radius 3 is 2.36 bits per heavy atom. The summed E-state index contributed by atoms with van der Waals surface area (Å²) in [4.78, 5) is 15.4. The maximum atomic E-state index is 13.0. The van der Waals surface area contributed by atoms with Crippen molar-refractivity contribution in [3.8, 4) is 17.2 Å². The van der Waals surface area contributed by atoms with E-state index in [1.165, 1.54) is 32.8 Å². The minimum Gasteiger partial charge on any atom is -0.493 e. The van der Waals surface area contributed by atoms with Crippen LogP contribution in [0.3, 0.4) is 0 Å². The van der Waals surface area contributed by atoms with Gasteiger partial charge in [-0.3, -0.25) is 9.69 Å². The fourth-order valence-electron chi connectivity index (χ4n) is 3.86. The molecule has 0 spiro atoms. The Bertz CT molecular complexity index is 812. The number of ether oxygens (including phenoxy) is 3. The topological polar surface area (TPSA) is 65.0 Å². The molecule has 1 amide bonds. The van der Waals surface area contributed by atoms with E-state index in [9.17, 15) is 4.79 Å². The number of aryl methyl sites for hydroxylation is 1. The summed E-state index contributed by atoms with van der Waals surface area (Å²) in [6.45, 7) is 2.62. The molecule has 1 aliphatic heterocycles. The molecule has 7 heteroatoms. The number of carbonyl (C=O) groups excluding carboxylic acids is 1. The van der Waals surface area contributed by atoms with Gasteiger partial charge >= 0.3 is 0 Å². The zero-order valence-corrected chi connectivity index (χ0v) is 17.0. The van der Waals surface area contributed by atoms with Crippen molar-refractivity contribution >= 4 is 5.91 Å². The monoisotopic (exact) mass is 387 g/mol. The second-order valence-electron chi connectivity index (χ2n) is 6.89. The molecule has 28 heavy (non-hydrogen) atoms. The first kappa shape index (κ1) is 20.1. The Morgan fingerprint density at radius 2 is 1.79 bits per heavy atom. The summed E-state index contributed by atoms with van der Waals surface area (Å²) in [5, 5.41) is 3.08. The largest absolute Gasteiger partial charge is 0.493 e. The fourth-order valence-corrected chi connectivity index (χ4v) is 3.86. The first-order valence-electron chi connectivity index (χ1n) is 9.53. The molecular formula is C21H29N3O4. The highest BCUT2D eigenvalue weighted by Crippen LogP contribution is 2.39. The van der Waals surface area contributed by atoms with Crippen molar-refractivity contribution in [2.45, 2.75) is 18.9 Å². The number of aromatic nitrogens is 1. The van der Waals surface area contributed by atoms with Crippen LogP contribution in [-0.4, -0.2) is 56.3 Å². The molecule has 0 saturated carbocycles. The molecular weight excluding hydrogens is 358 g/mol. The third-order valence-corrected chi connectivity index (χ3v) is 5.31. The van der Waals surface area contributed by atoms with Crippen LogP contribution in [0.2, 0.25) is 0 Å². The standard InChI is InChI=1S/C21H29N3O4/c1-23-11-7-8-16(23)17(24-12-5-6-13-24)14-22-21(25)15-9-10-18(26-2)20(28-4)19(15)27-3/h7-11,17H,5-6,12-14H2,1-4H3,(H,22,25)/t17-/m1/s1. The lowest BCUT2D eigenvalue weighted by atomic mass is 10.1. The minimum atomic E-state index is -0.198. The smallest absolute Gasteiger partial charge is 0.255 e.